The minimum Gasteiger partial charge on any atom is -0.347 e. The van der Waals surface area contributed by atoms with Crippen LogP contribution >= 0.6 is 22.7 Å². The number of carbonyl (C=O) groups is 2. The molecular weight excluding hydrogens is 354 g/mol. The van der Waals surface area contributed by atoms with Crippen molar-refractivity contribution in [1.82, 2.24) is 15.2 Å². The van der Waals surface area contributed by atoms with Crippen molar-refractivity contribution in [1.29, 1.82) is 0 Å². The Hall–Kier alpha value is -1.73. The van der Waals surface area contributed by atoms with Crippen molar-refractivity contribution in [3.05, 3.63) is 38.5 Å². The van der Waals surface area contributed by atoms with E-state index in [9.17, 15) is 9.59 Å². The van der Waals surface area contributed by atoms with Gasteiger partial charge in [0.1, 0.15) is 5.01 Å². The molecule has 5 nitrogen and oxygen atoms in total. The minimum absolute atomic E-state index is 0.0275. The van der Waals surface area contributed by atoms with Crippen LogP contribution in [0.1, 0.15) is 48.0 Å². The average molecular weight is 378 g/mol. The van der Waals surface area contributed by atoms with Gasteiger partial charge in [0, 0.05) is 43.4 Å². The second-order valence-electron chi connectivity index (χ2n) is 6.37. The van der Waals surface area contributed by atoms with Gasteiger partial charge < -0.3 is 10.2 Å². The number of thiazole rings is 1. The average Bonchev–Trinajstić information content (AvgIpc) is 3.31. The van der Waals surface area contributed by atoms with Crippen LogP contribution in [0.5, 0.6) is 0 Å². The molecule has 134 valence electrons. The first-order valence-corrected chi connectivity index (χ1v) is 10.4. The van der Waals surface area contributed by atoms with Gasteiger partial charge in [-0.15, -0.1) is 11.3 Å². The third kappa shape index (κ3) is 5.12. The van der Waals surface area contributed by atoms with E-state index < -0.39 is 0 Å². The lowest BCUT2D eigenvalue weighted by atomic mass is 10.1. The van der Waals surface area contributed by atoms with Crippen LogP contribution in [0.25, 0.3) is 0 Å². The molecule has 1 N–H and O–H groups in total. The SMILES string of the molecule is Cc1csc(C(Cc2ccsc2)NC(=O)CCCN2CCCC2=O)n1. The second-order valence-corrected chi connectivity index (χ2v) is 8.04. The molecular formula is C18H23N3O2S2. The molecule has 2 aromatic heterocycles. The highest BCUT2D eigenvalue weighted by molar-refractivity contribution is 7.09. The van der Waals surface area contributed by atoms with Crippen LogP contribution in [-0.4, -0.2) is 34.8 Å². The number of rotatable bonds is 8. The first-order chi connectivity index (χ1) is 12.1. The van der Waals surface area contributed by atoms with E-state index in [-0.39, 0.29) is 17.9 Å². The molecule has 2 amide bonds. The lowest BCUT2D eigenvalue weighted by Crippen LogP contribution is -2.31. The lowest BCUT2D eigenvalue weighted by Gasteiger charge is -2.18. The van der Waals surface area contributed by atoms with Crippen LogP contribution in [0.4, 0.5) is 0 Å². The molecule has 0 aliphatic carbocycles. The first kappa shape index (κ1) is 18.1. The van der Waals surface area contributed by atoms with Crippen molar-refractivity contribution in [2.24, 2.45) is 0 Å². The fraction of sp³-hybridized carbons (Fsp3) is 0.500. The zero-order valence-corrected chi connectivity index (χ0v) is 16.0. The summed E-state index contributed by atoms with van der Waals surface area (Å²) in [5.74, 6) is 0.244. The smallest absolute Gasteiger partial charge is 0.222 e. The Morgan fingerprint density at radius 2 is 2.32 bits per heavy atom. The number of likely N-dealkylation sites (tertiary alicyclic amines) is 1. The Morgan fingerprint density at radius 1 is 1.44 bits per heavy atom. The van der Waals surface area contributed by atoms with E-state index in [2.05, 4.69) is 21.7 Å². The number of thiophene rings is 1. The zero-order chi connectivity index (χ0) is 17.6. The largest absolute Gasteiger partial charge is 0.347 e. The number of amides is 2. The van der Waals surface area contributed by atoms with E-state index in [0.717, 1.165) is 30.1 Å². The van der Waals surface area contributed by atoms with Crippen molar-refractivity contribution >= 4 is 34.5 Å². The van der Waals surface area contributed by atoms with Gasteiger partial charge in [-0.05, 0) is 42.2 Å². The maximum atomic E-state index is 12.4. The molecule has 0 saturated carbocycles. The summed E-state index contributed by atoms with van der Waals surface area (Å²) >= 11 is 3.25. The monoisotopic (exact) mass is 377 g/mol. The van der Waals surface area contributed by atoms with Crippen molar-refractivity contribution < 1.29 is 9.59 Å². The van der Waals surface area contributed by atoms with Gasteiger partial charge >= 0.3 is 0 Å². The normalized spacial score (nSPS) is 15.6. The van der Waals surface area contributed by atoms with Crippen LogP contribution in [0.15, 0.2) is 22.2 Å². The summed E-state index contributed by atoms with van der Waals surface area (Å²) in [5, 5.41) is 10.3. The molecule has 3 rings (SSSR count). The van der Waals surface area contributed by atoms with E-state index in [4.69, 9.17) is 0 Å². The van der Waals surface area contributed by atoms with Gasteiger partial charge in [0.2, 0.25) is 11.8 Å². The fourth-order valence-corrected chi connectivity index (χ4v) is 4.54. The molecule has 7 heteroatoms. The summed E-state index contributed by atoms with van der Waals surface area (Å²) in [6.45, 7) is 3.48. The Kier molecular flexibility index (Phi) is 6.20. The summed E-state index contributed by atoms with van der Waals surface area (Å²) < 4.78 is 0. The van der Waals surface area contributed by atoms with Gasteiger partial charge in [0.15, 0.2) is 0 Å². The lowest BCUT2D eigenvalue weighted by molar-refractivity contribution is -0.128. The van der Waals surface area contributed by atoms with Gasteiger partial charge in [-0.3, -0.25) is 9.59 Å². The van der Waals surface area contributed by atoms with Crippen molar-refractivity contribution in [2.45, 2.75) is 45.1 Å². The maximum absolute atomic E-state index is 12.4. The van der Waals surface area contributed by atoms with Crippen LogP contribution in [0.2, 0.25) is 0 Å². The Labute approximate surface area is 156 Å². The first-order valence-electron chi connectivity index (χ1n) is 8.62. The molecule has 3 heterocycles. The predicted octanol–water partition coefficient (Wildman–Crippen LogP) is 3.32. The maximum Gasteiger partial charge on any atom is 0.222 e. The van der Waals surface area contributed by atoms with E-state index in [1.807, 2.05) is 22.6 Å². The highest BCUT2D eigenvalue weighted by Crippen LogP contribution is 2.23. The predicted molar refractivity (Wildman–Crippen MR) is 101 cm³/mol. The topological polar surface area (TPSA) is 62.3 Å². The summed E-state index contributed by atoms with van der Waals surface area (Å²) in [4.78, 5) is 30.4. The standard InChI is InChI=1S/C18H23N3O2S2/c1-13-11-25-18(19-13)15(10-14-6-9-24-12-14)20-16(22)4-2-7-21-8-3-5-17(21)23/h6,9,11-12,15H,2-5,7-8,10H2,1H3,(H,20,22). The summed E-state index contributed by atoms with van der Waals surface area (Å²) in [5.41, 5.74) is 2.20. The number of hydrogen-bond acceptors (Lipinski definition) is 5. The summed E-state index contributed by atoms with van der Waals surface area (Å²) in [7, 11) is 0. The molecule has 0 radical (unpaired) electrons. The highest BCUT2D eigenvalue weighted by Gasteiger charge is 2.21. The Balaban J connectivity index is 1.53. The Bertz CT molecular complexity index is 712. The van der Waals surface area contributed by atoms with Gasteiger partial charge in [-0.2, -0.15) is 11.3 Å². The Morgan fingerprint density at radius 3 is 2.96 bits per heavy atom. The van der Waals surface area contributed by atoms with Crippen LogP contribution in [0, 0.1) is 6.92 Å². The van der Waals surface area contributed by atoms with Gasteiger partial charge in [-0.25, -0.2) is 4.98 Å². The molecule has 25 heavy (non-hydrogen) atoms. The third-order valence-corrected chi connectivity index (χ3v) is 6.10. The van der Waals surface area contributed by atoms with Gasteiger partial charge in [-0.1, -0.05) is 0 Å². The molecule has 1 fully saturated rings. The number of carbonyl (C=O) groups excluding carboxylic acids is 2. The van der Waals surface area contributed by atoms with E-state index >= 15 is 0 Å². The molecule has 1 atom stereocenters. The molecule has 1 saturated heterocycles. The van der Waals surface area contributed by atoms with E-state index in [0.29, 0.717) is 25.8 Å². The van der Waals surface area contributed by atoms with Crippen LogP contribution < -0.4 is 5.32 Å². The van der Waals surface area contributed by atoms with E-state index in [1.54, 1.807) is 22.7 Å². The van der Waals surface area contributed by atoms with Crippen LogP contribution in [0.3, 0.4) is 0 Å². The molecule has 2 aromatic rings. The van der Waals surface area contributed by atoms with Gasteiger partial charge in [0.05, 0.1) is 6.04 Å². The number of nitrogens with zero attached hydrogens (tertiary/aromatic N) is 2. The van der Waals surface area contributed by atoms with Crippen molar-refractivity contribution in [2.75, 3.05) is 13.1 Å². The minimum atomic E-state index is -0.0887. The second kappa shape index (κ2) is 8.58. The van der Waals surface area contributed by atoms with Crippen molar-refractivity contribution in [3.63, 3.8) is 0 Å². The highest BCUT2D eigenvalue weighted by atomic mass is 32.1. The molecule has 1 unspecified atom stereocenters. The van der Waals surface area contributed by atoms with Gasteiger partial charge in [0.25, 0.3) is 0 Å². The molecule has 0 spiro atoms. The third-order valence-electron chi connectivity index (χ3n) is 4.29. The van der Waals surface area contributed by atoms with Crippen molar-refractivity contribution in [3.8, 4) is 0 Å². The molecule has 1 aliphatic heterocycles. The number of aryl methyl sites for hydroxylation is 1. The summed E-state index contributed by atoms with van der Waals surface area (Å²) in [6.07, 6.45) is 3.50. The molecule has 1 aliphatic rings. The van der Waals surface area contributed by atoms with E-state index in [1.165, 1.54) is 5.56 Å². The summed E-state index contributed by atoms with van der Waals surface area (Å²) in [6, 6.07) is 2.00. The fourth-order valence-electron chi connectivity index (χ4n) is 3.01. The number of nitrogens with one attached hydrogen (secondary N) is 1. The zero-order valence-electron chi connectivity index (χ0n) is 14.4. The number of hydrogen-bond donors (Lipinski definition) is 1. The van der Waals surface area contributed by atoms with Crippen LogP contribution in [-0.2, 0) is 16.0 Å². The quantitative estimate of drug-likeness (QED) is 0.768. The number of aromatic nitrogens is 1. The molecule has 0 bridgehead atoms. The molecule has 0 aromatic carbocycles.